The van der Waals surface area contributed by atoms with Gasteiger partial charge in [0.05, 0.1) is 92.5 Å². The molecule has 0 atom stereocenters. The monoisotopic (exact) mass is 440 g/mol. The van der Waals surface area contributed by atoms with Gasteiger partial charge in [0.15, 0.2) is 0 Å². The first-order chi connectivity index (χ1) is 14.7. The number of hydrogen-bond donors (Lipinski definition) is 0. The smallest absolute Gasteiger partial charge is 0.333 e. The van der Waals surface area contributed by atoms with E-state index in [1.54, 1.807) is 6.92 Å². The van der Waals surface area contributed by atoms with E-state index in [0.29, 0.717) is 91.5 Å². The van der Waals surface area contributed by atoms with Gasteiger partial charge in [-0.2, -0.15) is 0 Å². The van der Waals surface area contributed by atoms with Gasteiger partial charge < -0.3 is 37.9 Å². The highest BCUT2D eigenvalue weighted by Gasteiger charge is 2.01. The lowest BCUT2D eigenvalue weighted by molar-refractivity contribution is -0.140. The molecule has 0 saturated heterocycles. The lowest BCUT2D eigenvalue weighted by Crippen LogP contribution is -2.15. The summed E-state index contributed by atoms with van der Waals surface area (Å²) in [5, 5.41) is 0. The van der Waals surface area contributed by atoms with Gasteiger partial charge in [-0.1, -0.05) is 6.58 Å². The number of hydrogen-bond acceptors (Lipinski definition) is 9. The summed E-state index contributed by atoms with van der Waals surface area (Å²) in [6.07, 6.45) is 0. The van der Waals surface area contributed by atoms with Crippen molar-refractivity contribution in [3.63, 3.8) is 0 Å². The van der Waals surface area contributed by atoms with Crippen molar-refractivity contribution in [1.29, 1.82) is 0 Å². The highest BCUT2D eigenvalue weighted by Crippen LogP contribution is 1.91. The zero-order valence-electron chi connectivity index (χ0n) is 18.1. The van der Waals surface area contributed by atoms with Crippen molar-refractivity contribution >= 4 is 5.97 Å². The van der Waals surface area contributed by atoms with Crippen LogP contribution in [0.15, 0.2) is 12.2 Å². The first-order valence-electron chi connectivity index (χ1n) is 10.1. The van der Waals surface area contributed by atoms with Gasteiger partial charge in [0.1, 0.15) is 13.3 Å². The Bertz CT molecular complexity index is 396. The van der Waals surface area contributed by atoms with Crippen molar-refractivity contribution in [2.24, 2.45) is 0 Å². The molecule has 0 heterocycles. The maximum absolute atomic E-state index is 11.8. The van der Waals surface area contributed by atoms with Crippen LogP contribution in [0.25, 0.3) is 0 Å². The molecule has 0 aliphatic heterocycles. The van der Waals surface area contributed by atoms with Crippen LogP contribution in [0.3, 0.4) is 0 Å². The van der Waals surface area contributed by atoms with Gasteiger partial charge in [0.25, 0.3) is 0 Å². The summed E-state index contributed by atoms with van der Waals surface area (Å²) in [6.45, 7) is 10.8. The lowest BCUT2D eigenvalue weighted by atomic mass is 10.4. The number of carbonyl (C=O) groups is 1. The molecule has 10 heteroatoms. The minimum atomic E-state index is -0.476. The molecule has 178 valence electrons. The zero-order valence-corrected chi connectivity index (χ0v) is 18.1. The van der Waals surface area contributed by atoms with E-state index in [9.17, 15) is 9.18 Å². The quantitative estimate of drug-likeness (QED) is 0.125. The molecule has 0 spiro atoms. The summed E-state index contributed by atoms with van der Waals surface area (Å²) >= 11 is 0. The fourth-order valence-electron chi connectivity index (χ4n) is 1.79. The summed E-state index contributed by atoms with van der Waals surface area (Å²) in [4.78, 5) is 11.1. The molecule has 0 N–H and O–H groups in total. The number of halogens is 1. The second-order valence-corrected chi connectivity index (χ2v) is 5.89. The molecule has 0 aliphatic rings. The van der Waals surface area contributed by atoms with Crippen LogP contribution >= 0.6 is 0 Å². The van der Waals surface area contributed by atoms with Gasteiger partial charge in [-0.3, -0.25) is 0 Å². The van der Waals surface area contributed by atoms with Gasteiger partial charge in [-0.15, -0.1) is 0 Å². The number of alkyl halides is 1. The first kappa shape index (κ1) is 28.9. The van der Waals surface area contributed by atoms with Crippen molar-refractivity contribution in [3.05, 3.63) is 12.2 Å². The molecule has 0 aliphatic carbocycles. The molecule has 0 aromatic heterocycles. The average Bonchev–Trinajstić information content (AvgIpc) is 2.74. The summed E-state index contributed by atoms with van der Waals surface area (Å²) in [5.41, 5.74) is 0.369. The van der Waals surface area contributed by atoms with E-state index in [1.807, 2.05) is 0 Å². The number of ether oxygens (including phenoxy) is 8. The molecule has 0 saturated carbocycles. The van der Waals surface area contributed by atoms with Crippen LogP contribution in [0.1, 0.15) is 6.92 Å². The van der Waals surface area contributed by atoms with Crippen molar-refractivity contribution in [2.75, 3.05) is 106 Å². The number of rotatable bonds is 24. The summed E-state index contributed by atoms with van der Waals surface area (Å²) in [7, 11) is 0. The second-order valence-electron chi connectivity index (χ2n) is 5.89. The third-order valence-corrected chi connectivity index (χ3v) is 3.26. The van der Waals surface area contributed by atoms with E-state index in [-0.39, 0.29) is 13.2 Å². The van der Waals surface area contributed by atoms with Gasteiger partial charge in [-0.05, 0) is 6.92 Å². The first-order valence-corrected chi connectivity index (χ1v) is 10.1. The van der Waals surface area contributed by atoms with Crippen LogP contribution < -0.4 is 0 Å². The normalized spacial score (nSPS) is 11.0. The largest absolute Gasteiger partial charge is 0.460 e. The van der Waals surface area contributed by atoms with Crippen molar-refractivity contribution in [3.8, 4) is 0 Å². The molecule has 0 aromatic rings. The molecule has 0 rings (SSSR count). The molecular formula is C20H37FO9. The van der Waals surface area contributed by atoms with E-state index >= 15 is 0 Å². The highest BCUT2D eigenvalue weighted by molar-refractivity contribution is 5.86. The molecule has 0 aromatic carbocycles. The molecule has 0 unspecified atom stereocenters. The van der Waals surface area contributed by atoms with Crippen LogP contribution in [-0.2, 0) is 42.7 Å². The minimum absolute atomic E-state index is 0.112. The van der Waals surface area contributed by atoms with Crippen LogP contribution in [0, 0.1) is 0 Å². The maximum atomic E-state index is 11.8. The number of esters is 1. The fraction of sp³-hybridized carbons (Fsp3) is 0.850. The molecule has 0 radical (unpaired) electrons. The van der Waals surface area contributed by atoms with Crippen molar-refractivity contribution < 1.29 is 47.1 Å². The summed E-state index contributed by atoms with van der Waals surface area (Å²) in [5.74, 6) is -0.414. The topological polar surface area (TPSA) is 90.9 Å². The highest BCUT2D eigenvalue weighted by atomic mass is 19.1. The Kier molecular flexibility index (Phi) is 23.2. The Morgan fingerprint density at radius 1 is 0.567 bits per heavy atom. The third-order valence-electron chi connectivity index (χ3n) is 3.26. The Morgan fingerprint density at radius 2 is 0.833 bits per heavy atom. The van der Waals surface area contributed by atoms with Crippen LogP contribution in [-0.4, -0.2) is 112 Å². The van der Waals surface area contributed by atoms with Crippen LogP contribution in [0.2, 0.25) is 0 Å². The summed E-state index contributed by atoms with van der Waals surface area (Å²) in [6, 6.07) is 0. The van der Waals surface area contributed by atoms with E-state index in [2.05, 4.69) is 6.58 Å². The lowest BCUT2D eigenvalue weighted by Gasteiger charge is -2.08. The standard InChI is InChI=1S/C20H37FO9/c1-19(2)20(22)30-18-17-29-16-15-28-14-13-27-12-11-26-10-9-25-8-7-24-6-5-23-4-3-21/h1,3-18H2,2H3. The molecule has 9 nitrogen and oxygen atoms in total. The molecule has 0 amide bonds. The second kappa shape index (κ2) is 24.1. The Labute approximate surface area is 178 Å². The fourth-order valence-corrected chi connectivity index (χ4v) is 1.79. The minimum Gasteiger partial charge on any atom is -0.460 e. The van der Waals surface area contributed by atoms with Gasteiger partial charge in [0.2, 0.25) is 0 Å². The zero-order chi connectivity index (χ0) is 22.1. The molecule has 0 fully saturated rings. The maximum Gasteiger partial charge on any atom is 0.333 e. The Morgan fingerprint density at radius 3 is 1.10 bits per heavy atom. The summed E-state index contributed by atoms with van der Waals surface area (Å²) < 4.78 is 53.5. The SMILES string of the molecule is C=C(C)C(=O)OCCOCCOCCOCCOCCOCCOCCOCCF. The molecule has 30 heavy (non-hydrogen) atoms. The molecule has 0 bridgehead atoms. The van der Waals surface area contributed by atoms with Crippen LogP contribution in [0.5, 0.6) is 0 Å². The third kappa shape index (κ3) is 23.1. The van der Waals surface area contributed by atoms with E-state index in [4.69, 9.17) is 37.9 Å². The van der Waals surface area contributed by atoms with E-state index in [0.717, 1.165) is 0 Å². The van der Waals surface area contributed by atoms with Crippen molar-refractivity contribution in [2.45, 2.75) is 6.92 Å². The Hall–Kier alpha value is -1.14. The average molecular weight is 441 g/mol. The van der Waals surface area contributed by atoms with E-state index in [1.165, 1.54) is 0 Å². The van der Waals surface area contributed by atoms with E-state index < -0.39 is 12.6 Å². The predicted octanol–water partition coefficient (Wildman–Crippen LogP) is 1.19. The molecular weight excluding hydrogens is 403 g/mol. The van der Waals surface area contributed by atoms with Crippen LogP contribution in [0.4, 0.5) is 4.39 Å². The van der Waals surface area contributed by atoms with Gasteiger partial charge >= 0.3 is 5.97 Å². The van der Waals surface area contributed by atoms with Gasteiger partial charge in [-0.25, -0.2) is 9.18 Å². The van der Waals surface area contributed by atoms with Crippen molar-refractivity contribution in [1.82, 2.24) is 0 Å². The predicted molar refractivity (Wildman–Crippen MR) is 107 cm³/mol. The van der Waals surface area contributed by atoms with Gasteiger partial charge in [0, 0.05) is 5.57 Å². The number of carbonyl (C=O) groups excluding carboxylic acids is 1. The Balaban J connectivity index is 3.05.